The SMILES string of the molecule is CCCCCCCCCOc1ccc(C/C=C/c2sc(=O)n(CCN)c2O)cc1. The van der Waals surface area contributed by atoms with Gasteiger partial charge in [0.25, 0.3) is 0 Å². The molecule has 1 aromatic heterocycles. The van der Waals surface area contributed by atoms with E-state index in [0.717, 1.165) is 42.1 Å². The zero-order valence-corrected chi connectivity index (χ0v) is 18.3. The molecule has 29 heavy (non-hydrogen) atoms. The zero-order chi connectivity index (χ0) is 20.9. The lowest BCUT2D eigenvalue weighted by Gasteiger charge is -2.07. The fraction of sp³-hybridized carbons (Fsp3) is 0.522. The second-order valence-corrected chi connectivity index (χ2v) is 8.21. The van der Waals surface area contributed by atoms with E-state index >= 15 is 0 Å². The number of aromatic hydroxyl groups is 1. The molecule has 1 aromatic carbocycles. The van der Waals surface area contributed by atoms with E-state index in [4.69, 9.17) is 10.5 Å². The second kappa shape index (κ2) is 13.2. The minimum absolute atomic E-state index is 0.00388. The largest absolute Gasteiger partial charge is 0.494 e. The number of benzene rings is 1. The van der Waals surface area contributed by atoms with Crippen molar-refractivity contribution >= 4 is 17.4 Å². The van der Waals surface area contributed by atoms with Crippen LogP contribution in [0.25, 0.3) is 6.08 Å². The van der Waals surface area contributed by atoms with E-state index < -0.39 is 0 Å². The number of hydrogen-bond acceptors (Lipinski definition) is 5. The topological polar surface area (TPSA) is 77.5 Å². The third kappa shape index (κ3) is 8.07. The Morgan fingerprint density at radius 2 is 1.79 bits per heavy atom. The monoisotopic (exact) mass is 418 g/mol. The summed E-state index contributed by atoms with van der Waals surface area (Å²) in [5.41, 5.74) is 6.62. The van der Waals surface area contributed by atoms with E-state index in [9.17, 15) is 9.90 Å². The van der Waals surface area contributed by atoms with Crippen molar-refractivity contribution in [2.75, 3.05) is 13.2 Å². The molecule has 0 amide bonds. The number of nitrogens with two attached hydrogens (primary N) is 1. The summed E-state index contributed by atoms with van der Waals surface area (Å²) in [6.45, 7) is 3.66. The van der Waals surface area contributed by atoms with E-state index in [2.05, 4.69) is 6.92 Å². The Labute approximate surface area is 177 Å². The molecular formula is C23H34N2O3S. The smallest absolute Gasteiger partial charge is 0.310 e. The third-order valence-corrected chi connectivity index (χ3v) is 5.74. The van der Waals surface area contributed by atoms with Crippen LogP contribution >= 0.6 is 11.3 Å². The number of aromatic nitrogens is 1. The Balaban J connectivity index is 1.72. The maximum absolute atomic E-state index is 11.8. The van der Waals surface area contributed by atoms with Gasteiger partial charge in [-0.05, 0) is 36.6 Å². The molecule has 6 heteroatoms. The van der Waals surface area contributed by atoms with Gasteiger partial charge < -0.3 is 15.6 Å². The Morgan fingerprint density at radius 3 is 2.48 bits per heavy atom. The highest BCUT2D eigenvalue weighted by Gasteiger charge is 2.10. The van der Waals surface area contributed by atoms with Gasteiger partial charge in [-0.1, -0.05) is 75.0 Å². The lowest BCUT2D eigenvalue weighted by atomic mass is 10.1. The molecule has 3 N–H and O–H groups in total. The number of ether oxygens (including phenoxy) is 1. The molecule has 0 aliphatic rings. The quantitative estimate of drug-likeness (QED) is 0.425. The molecule has 1 heterocycles. The fourth-order valence-corrected chi connectivity index (χ4v) is 3.96. The number of nitrogens with zero attached hydrogens (tertiary/aromatic N) is 1. The van der Waals surface area contributed by atoms with Crippen LogP contribution in [0.4, 0.5) is 0 Å². The van der Waals surface area contributed by atoms with Gasteiger partial charge in [0.15, 0.2) is 0 Å². The molecule has 0 saturated heterocycles. The van der Waals surface area contributed by atoms with Gasteiger partial charge in [-0.2, -0.15) is 0 Å². The van der Waals surface area contributed by atoms with Gasteiger partial charge in [0.1, 0.15) is 5.75 Å². The Morgan fingerprint density at radius 1 is 1.10 bits per heavy atom. The second-order valence-electron chi connectivity index (χ2n) is 7.22. The summed E-state index contributed by atoms with van der Waals surface area (Å²) in [5.74, 6) is 0.897. The van der Waals surface area contributed by atoms with Crippen LogP contribution in [0.15, 0.2) is 35.1 Å². The summed E-state index contributed by atoms with van der Waals surface area (Å²) in [5, 5.41) is 10.1. The molecule has 2 rings (SSSR count). The maximum Gasteiger partial charge on any atom is 0.310 e. The molecule has 2 aromatic rings. The first-order valence-electron chi connectivity index (χ1n) is 10.7. The van der Waals surface area contributed by atoms with Crippen LogP contribution in [0.5, 0.6) is 11.6 Å². The van der Waals surface area contributed by atoms with E-state index in [1.54, 1.807) is 6.08 Å². The van der Waals surface area contributed by atoms with Gasteiger partial charge in [-0.15, -0.1) is 0 Å². The summed E-state index contributed by atoms with van der Waals surface area (Å²) in [7, 11) is 0. The van der Waals surface area contributed by atoms with Gasteiger partial charge in [-0.3, -0.25) is 9.36 Å². The zero-order valence-electron chi connectivity index (χ0n) is 17.4. The maximum atomic E-state index is 11.8. The van der Waals surface area contributed by atoms with Gasteiger partial charge in [0.2, 0.25) is 5.88 Å². The van der Waals surface area contributed by atoms with Crippen molar-refractivity contribution in [3.05, 3.63) is 50.4 Å². The molecule has 0 atom stereocenters. The van der Waals surface area contributed by atoms with Crippen LogP contribution in [0.3, 0.4) is 0 Å². The molecule has 160 valence electrons. The summed E-state index contributed by atoms with van der Waals surface area (Å²) in [6, 6.07) is 8.09. The normalized spacial score (nSPS) is 11.4. The number of allylic oxidation sites excluding steroid dienone is 1. The molecule has 5 nitrogen and oxygen atoms in total. The van der Waals surface area contributed by atoms with Crippen molar-refractivity contribution in [3.63, 3.8) is 0 Å². The van der Waals surface area contributed by atoms with Crippen LogP contribution in [0.1, 0.15) is 62.3 Å². The van der Waals surface area contributed by atoms with Crippen LogP contribution < -0.4 is 15.3 Å². The van der Waals surface area contributed by atoms with Gasteiger partial charge in [0.05, 0.1) is 11.5 Å². The standard InChI is InChI=1S/C23H34N2O3S/c1-2-3-4-5-6-7-8-18-28-20-14-12-19(13-15-20)10-9-11-21-22(26)25(17-16-24)23(27)29-21/h9,11-15,26H,2-8,10,16-18,24H2,1H3/b11-9+. The fourth-order valence-electron chi connectivity index (χ4n) is 3.12. The van der Waals surface area contributed by atoms with Crippen LogP contribution in [-0.2, 0) is 13.0 Å². The van der Waals surface area contributed by atoms with Crippen molar-refractivity contribution in [2.24, 2.45) is 5.73 Å². The molecule has 0 spiro atoms. The molecule has 0 bridgehead atoms. The van der Waals surface area contributed by atoms with Crippen LogP contribution in [0.2, 0.25) is 0 Å². The lowest BCUT2D eigenvalue weighted by Crippen LogP contribution is -2.18. The summed E-state index contributed by atoms with van der Waals surface area (Å²) in [4.78, 5) is 12.2. The van der Waals surface area contributed by atoms with E-state index in [-0.39, 0.29) is 10.8 Å². The molecule has 0 radical (unpaired) electrons. The number of rotatable bonds is 14. The van der Waals surface area contributed by atoms with Crippen molar-refractivity contribution in [3.8, 4) is 11.6 Å². The predicted molar refractivity (Wildman–Crippen MR) is 122 cm³/mol. The molecular weight excluding hydrogens is 384 g/mol. The summed E-state index contributed by atoms with van der Waals surface area (Å²) < 4.78 is 7.13. The number of thiazole rings is 1. The molecule has 0 aliphatic heterocycles. The van der Waals surface area contributed by atoms with Crippen molar-refractivity contribution in [1.82, 2.24) is 4.57 Å². The average molecular weight is 419 g/mol. The van der Waals surface area contributed by atoms with Crippen molar-refractivity contribution in [2.45, 2.75) is 64.8 Å². The number of hydrogen-bond donors (Lipinski definition) is 2. The molecule has 0 saturated carbocycles. The highest BCUT2D eigenvalue weighted by Crippen LogP contribution is 2.22. The Bertz CT molecular complexity index is 793. The molecule has 0 unspecified atom stereocenters. The molecule has 0 aliphatic carbocycles. The first kappa shape index (κ1) is 23.2. The first-order chi connectivity index (χ1) is 14.2. The van der Waals surface area contributed by atoms with E-state index in [0.29, 0.717) is 18.0 Å². The van der Waals surface area contributed by atoms with Crippen LogP contribution in [0, 0.1) is 0 Å². The van der Waals surface area contributed by atoms with E-state index in [1.807, 2.05) is 30.3 Å². The van der Waals surface area contributed by atoms with Crippen LogP contribution in [-0.4, -0.2) is 22.8 Å². The van der Waals surface area contributed by atoms with Crippen molar-refractivity contribution < 1.29 is 9.84 Å². The average Bonchev–Trinajstić information content (AvgIpc) is 2.99. The van der Waals surface area contributed by atoms with Gasteiger partial charge in [0, 0.05) is 13.1 Å². The highest BCUT2D eigenvalue weighted by molar-refractivity contribution is 7.10. The van der Waals surface area contributed by atoms with Gasteiger partial charge >= 0.3 is 4.87 Å². The number of unbranched alkanes of at least 4 members (excludes halogenated alkanes) is 6. The predicted octanol–water partition coefficient (Wildman–Crippen LogP) is 4.96. The highest BCUT2D eigenvalue weighted by atomic mass is 32.1. The third-order valence-electron chi connectivity index (χ3n) is 4.81. The Kier molecular flexibility index (Phi) is 10.6. The summed E-state index contributed by atoms with van der Waals surface area (Å²) >= 11 is 1.03. The van der Waals surface area contributed by atoms with E-state index in [1.165, 1.54) is 43.1 Å². The van der Waals surface area contributed by atoms with Crippen molar-refractivity contribution in [1.29, 1.82) is 0 Å². The summed E-state index contributed by atoms with van der Waals surface area (Å²) in [6.07, 6.45) is 13.4. The Hall–Kier alpha value is -2.05. The minimum atomic E-state index is -0.185. The van der Waals surface area contributed by atoms with Gasteiger partial charge in [-0.25, -0.2) is 0 Å². The minimum Gasteiger partial charge on any atom is -0.494 e. The first-order valence-corrected chi connectivity index (χ1v) is 11.5. The molecule has 0 fully saturated rings. The lowest BCUT2D eigenvalue weighted by molar-refractivity contribution is 0.304.